The zero-order valence-corrected chi connectivity index (χ0v) is 35.1. The summed E-state index contributed by atoms with van der Waals surface area (Å²) < 4.78 is 28.1. The third-order valence-corrected chi connectivity index (χ3v) is 24.6. The predicted octanol–water partition coefficient (Wildman–Crippen LogP) is 10.3. The summed E-state index contributed by atoms with van der Waals surface area (Å²) in [6.45, 7) is 35.7. The second kappa shape index (κ2) is 12.6. The van der Waals surface area contributed by atoms with E-state index in [4.69, 9.17) is 17.7 Å². The largest absolute Gasteiger partial charge is 0.543 e. The maximum absolute atomic E-state index is 14.0. The van der Waals surface area contributed by atoms with Crippen molar-refractivity contribution < 1.29 is 17.7 Å². The Morgan fingerprint density at radius 1 is 0.841 bits per heavy atom. The average Bonchev–Trinajstić information content (AvgIpc) is 2.81. The third kappa shape index (κ3) is 7.78. The van der Waals surface area contributed by atoms with Crippen LogP contribution in [0.1, 0.15) is 86.0 Å². The number of rotatable bonds is 8. The van der Waals surface area contributed by atoms with Gasteiger partial charge in [-0.1, -0.05) is 78.2 Å². The Morgan fingerprint density at radius 3 is 1.82 bits per heavy atom. The number of benzene rings is 1. The molecule has 3 rings (SSSR count). The molecule has 10 heteroatoms. The van der Waals surface area contributed by atoms with E-state index in [-0.39, 0.29) is 32.6 Å². The average molecular weight is 727 g/mol. The van der Waals surface area contributed by atoms with Crippen LogP contribution >= 0.6 is 15.9 Å². The topological polar surface area (TPSA) is 61.1 Å². The van der Waals surface area contributed by atoms with Gasteiger partial charge in [0.05, 0.1) is 11.4 Å². The smallest absolute Gasteiger partial charge is 0.250 e. The molecule has 44 heavy (non-hydrogen) atoms. The van der Waals surface area contributed by atoms with E-state index in [9.17, 15) is 4.79 Å². The van der Waals surface area contributed by atoms with E-state index in [0.29, 0.717) is 27.8 Å². The van der Waals surface area contributed by atoms with Gasteiger partial charge in [-0.2, -0.15) is 0 Å². The van der Waals surface area contributed by atoms with Crippen LogP contribution in [0.15, 0.2) is 21.3 Å². The lowest BCUT2D eigenvalue weighted by Gasteiger charge is -2.46. The van der Waals surface area contributed by atoms with Gasteiger partial charge in [-0.3, -0.25) is 4.79 Å². The van der Waals surface area contributed by atoms with Crippen molar-refractivity contribution in [3.63, 3.8) is 0 Å². The Labute approximate surface area is 279 Å². The van der Waals surface area contributed by atoms with Crippen LogP contribution in [-0.2, 0) is 9.76 Å². The summed E-state index contributed by atoms with van der Waals surface area (Å²) in [4.78, 5) is 16.4. The summed E-state index contributed by atoms with van der Waals surface area (Å²) in [6.07, 6.45) is 0.813. The Hall–Kier alpha value is -0.919. The molecular formula is C34H60BrNO5Si3. The van der Waals surface area contributed by atoms with Crippen LogP contribution in [0.5, 0.6) is 11.5 Å². The second-order valence-corrected chi connectivity index (χ2v) is 32.3. The summed E-state index contributed by atoms with van der Waals surface area (Å²) in [7, 11) is -4.59. The molecule has 6 nitrogen and oxygen atoms in total. The van der Waals surface area contributed by atoms with Gasteiger partial charge in [0.25, 0.3) is 8.32 Å². The highest BCUT2D eigenvalue weighted by Gasteiger charge is 2.46. The molecule has 1 saturated heterocycles. The van der Waals surface area contributed by atoms with Gasteiger partial charge >= 0.3 is 0 Å². The molecule has 0 unspecified atom stereocenters. The molecule has 1 fully saturated rings. The monoisotopic (exact) mass is 725 g/mol. The molecular weight excluding hydrogens is 667 g/mol. The maximum atomic E-state index is 14.0. The van der Waals surface area contributed by atoms with Crippen molar-refractivity contribution in [3.8, 4) is 11.5 Å². The molecule has 0 radical (unpaired) electrons. The first-order valence-electron chi connectivity index (χ1n) is 16.2. The molecule has 1 aromatic carbocycles. The summed E-state index contributed by atoms with van der Waals surface area (Å²) in [6, 6.07) is 3.64. The molecule has 0 spiro atoms. The van der Waals surface area contributed by atoms with Crippen LogP contribution in [0, 0.1) is 0 Å². The van der Waals surface area contributed by atoms with Gasteiger partial charge in [-0.05, 0) is 74.4 Å². The van der Waals surface area contributed by atoms with Crippen molar-refractivity contribution in [2.75, 3.05) is 20.1 Å². The van der Waals surface area contributed by atoms with Crippen molar-refractivity contribution in [1.29, 1.82) is 0 Å². The van der Waals surface area contributed by atoms with Gasteiger partial charge in [-0.15, -0.1) is 0 Å². The first kappa shape index (κ1) is 37.5. The molecule has 2 heterocycles. The molecule has 1 aromatic heterocycles. The van der Waals surface area contributed by atoms with E-state index < -0.39 is 25.0 Å². The molecule has 1 aliphatic heterocycles. The van der Waals surface area contributed by atoms with Crippen LogP contribution in [0.3, 0.4) is 0 Å². The number of likely N-dealkylation sites (tertiary alicyclic amines) is 1. The molecule has 0 saturated carbocycles. The first-order valence-corrected chi connectivity index (χ1v) is 26.0. The number of hydrogen-bond donors (Lipinski definition) is 0. The van der Waals surface area contributed by atoms with Crippen LogP contribution in [0.4, 0.5) is 0 Å². The van der Waals surface area contributed by atoms with Crippen LogP contribution < -0.4 is 14.3 Å². The van der Waals surface area contributed by atoms with Crippen molar-refractivity contribution in [2.45, 2.75) is 140 Å². The van der Waals surface area contributed by atoms with Crippen LogP contribution in [0.25, 0.3) is 11.0 Å². The van der Waals surface area contributed by atoms with E-state index >= 15 is 0 Å². The molecule has 2 aromatic rings. The third-order valence-electron chi connectivity index (χ3n) is 10.9. The van der Waals surface area contributed by atoms with E-state index in [2.05, 4.69) is 129 Å². The Balaban J connectivity index is 2.45. The molecule has 0 aliphatic carbocycles. The van der Waals surface area contributed by atoms with E-state index in [1.807, 2.05) is 6.07 Å². The Morgan fingerprint density at radius 2 is 1.34 bits per heavy atom. The maximum Gasteiger partial charge on any atom is 0.250 e. The number of hydrogen-bond acceptors (Lipinski definition) is 6. The fourth-order valence-electron chi connectivity index (χ4n) is 4.86. The number of likely N-dealkylation sites (N-methyl/N-ethyl adjacent to an activating group) is 1. The minimum atomic E-state index is -2.32. The predicted molar refractivity (Wildman–Crippen MR) is 198 cm³/mol. The molecule has 1 aliphatic rings. The minimum absolute atomic E-state index is 0.00163. The fraction of sp³-hybridized carbons (Fsp3) is 0.735. The van der Waals surface area contributed by atoms with Crippen molar-refractivity contribution in [3.05, 3.63) is 33.7 Å². The highest BCUT2D eigenvalue weighted by molar-refractivity contribution is 9.08. The Kier molecular flexibility index (Phi) is 10.7. The molecule has 250 valence electrons. The standard InChI is InChI=1S/C34H60BrNO5Si3/c1-32(2,3)42(11,12)39-26-20-27(40-43(13,14)33(4,5)6)30-25(37)19-23(21-35)38-31(30)29(26)24-17-18-36(10)22-28(24)41-44(15,16)34(7,8)9/h19-20,24,28H,17-18,21-22H2,1-16H3/t24-,28+/m0/s1. The van der Waals surface area contributed by atoms with E-state index in [1.165, 1.54) is 0 Å². The zero-order chi connectivity index (χ0) is 33.8. The van der Waals surface area contributed by atoms with Gasteiger partial charge in [-0.25, -0.2) is 0 Å². The summed E-state index contributed by atoms with van der Waals surface area (Å²) >= 11 is 3.56. The number of piperidine rings is 1. The second-order valence-electron chi connectivity index (χ2n) is 17.5. The quantitative estimate of drug-likeness (QED) is 0.199. The molecule has 0 amide bonds. The fourth-order valence-corrected chi connectivity index (χ4v) is 8.53. The summed E-state index contributed by atoms with van der Waals surface area (Å²) in [5, 5.41) is 0.946. The highest BCUT2D eigenvalue weighted by atomic mass is 79.9. The normalized spacial score (nSPS) is 19.8. The zero-order valence-electron chi connectivity index (χ0n) is 30.5. The van der Waals surface area contributed by atoms with Gasteiger partial charge in [0.2, 0.25) is 8.32 Å². The lowest BCUT2D eigenvalue weighted by Crippen LogP contribution is -2.51. The van der Waals surface area contributed by atoms with E-state index in [0.717, 1.165) is 30.8 Å². The lowest BCUT2D eigenvalue weighted by atomic mass is 9.85. The van der Waals surface area contributed by atoms with Crippen LogP contribution in [0.2, 0.25) is 54.4 Å². The van der Waals surface area contributed by atoms with Gasteiger partial charge in [0, 0.05) is 30.2 Å². The van der Waals surface area contributed by atoms with Crippen molar-refractivity contribution in [2.24, 2.45) is 0 Å². The number of fused-ring (bicyclic) bond motifs is 1. The summed E-state index contributed by atoms with van der Waals surface area (Å²) in [5.74, 6) is 1.96. The van der Waals surface area contributed by atoms with Gasteiger partial charge in [0.15, 0.2) is 13.7 Å². The summed E-state index contributed by atoms with van der Waals surface area (Å²) in [5.41, 5.74) is 1.48. The van der Waals surface area contributed by atoms with Gasteiger partial charge < -0.3 is 22.6 Å². The molecule has 0 bridgehead atoms. The Bertz CT molecular complexity index is 1400. The number of alkyl halides is 1. The van der Waals surface area contributed by atoms with Gasteiger partial charge in [0.1, 0.15) is 28.2 Å². The first-order chi connectivity index (χ1) is 19.7. The molecule has 2 atom stereocenters. The highest BCUT2D eigenvalue weighted by Crippen LogP contribution is 2.49. The van der Waals surface area contributed by atoms with Crippen LogP contribution in [-0.4, -0.2) is 56.1 Å². The van der Waals surface area contributed by atoms with Crippen molar-refractivity contribution in [1.82, 2.24) is 4.90 Å². The number of nitrogens with zero attached hydrogens (tertiary/aromatic N) is 1. The lowest BCUT2D eigenvalue weighted by molar-refractivity contribution is 0.0713. The number of halogens is 1. The van der Waals surface area contributed by atoms with Crippen molar-refractivity contribution >= 4 is 51.9 Å². The van der Waals surface area contributed by atoms with E-state index in [1.54, 1.807) is 6.07 Å². The molecule has 0 N–H and O–H groups in total. The minimum Gasteiger partial charge on any atom is -0.543 e. The SMILES string of the molecule is CN1CC[C@H](c2c(O[Si](C)(C)C(C)(C)C)cc(O[Si](C)(C)C(C)(C)C)c3c(=O)cc(CBr)oc23)[C@H](O[Si](C)(C)C(C)(C)C)C1.